The van der Waals surface area contributed by atoms with E-state index in [2.05, 4.69) is 57.4 Å². The van der Waals surface area contributed by atoms with E-state index >= 15 is 0 Å². The zero-order valence-corrected chi connectivity index (χ0v) is 16.8. The minimum Gasteiger partial charge on any atom is -0.369 e. The molecule has 148 valence electrons. The molecule has 2 aromatic heterocycles. The lowest BCUT2D eigenvalue weighted by Gasteiger charge is -2.34. The molecular weight excluding hydrogens is 372 g/mol. The van der Waals surface area contributed by atoms with E-state index in [4.69, 9.17) is 4.98 Å². The average Bonchev–Trinajstić information content (AvgIpc) is 3.23. The van der Waals surface area contributed by atoms with Gasteiger partial charge in [-0.1, -0.05) is 30.3 Å². The highest BCUT2D eigenvalue weighted by Gasteiger charge is 2.16. The summed E-state index contributed by atoms with van der Waals surface area (Å²) >= 11 is 0. The fraction of sp³-hybridized carbons (Fsp3) is 0.208. The van der Waals surface area contributed by atoms with Crippen LogP contribution in [-0.4, -0.2) is 53.3 Å². The van der Waals surface area contributed by atoms with Gasteiger partial charge < -0.3 is 9.80 Å². The van der Waals surface area contributed by atoms with Crippen molar-refractivity contribution in [3.63, 3.8) is 0 Å². The first-order valence-corrected chi connectivity index (χ1v) is 10.1. The summed E-state index contributed by atoms with van der Waals surface area (Å²) in [6.45, 7) is 4.26. The summed E-state index contributed by atoms with van der Waals surface area (Å²) in [6.07, 6.45) is 0. The van der Waals surface area contributed by atoms with Gasteiger partial charge in [-0.3, -0.25) is 5.10 Å². The van der Waals surface area contributed by atoms with E-state index in [0.29, 0.717) is 5.56 Å². The van der Waals surface area contributed by atoms with Crippen molar-refractivity contribution in [2.75, 3.05) is 38.1 Å². The highest BCUT2D eigenvalue weighted by molar-refractivity contribution is 5.91. The van der Waals surface area contributed by atoms with Crippen molar-refractivity contribution in [2.45, 2.75) is 0 Å². The number of fused-ring (bicyclic) bond motifs is 1. The molecule has 0 aliphatic carbocycles. The smallest absolute Gasteiger partial charge is 0.118 e. The predicted molar refractivity (Wildman–Crippen MR) is 119 cm³/mol. The first-order valence-electron chi connectivity index (χ1n) is 10.1. The summed E-state index contributed by atoms with van der Waals surface area (Å²) < 4.78 is 0. The second-order valence-corrected chi connectivity index (χ2v) is 7.66. The van der Waals surface area contributed by atoms with Crippen LogP contribution in [0.15, 0.2) is 60.7 Å². The Morgan fingerprint density at radius 2 is 1.70 bits per heavy atom. The molecule has 30 heavy (non-hydrogen) atoms. The van der Waals surface area contributed by atoms with E-state index in [9.17, 15) is 5.26 Å². The standard InChI is InChI=1S/C24H22N6/c1-29-12-14-30(15-13-29)19-8-6-17(7-9-19)23-24-22(27-28-23)11-10-21(26-24)20-5-3-2-4-18(20)16-25/h2-11H,12-15H2,1H3,(H,27,28). The quantitative estimate of drug-likeness (QED) is 0.570. The molecule has 1 fully saturated rings. The number of hydrogen-bond donors (Lipinski definition) is 1. The van der Waals surface area contributed by atoms with Gasteiger partial charge in [0.25, 0.3) is 0 Å². The van der Waals surface area contributed by atoms with Crippen LogP contribution in [0.4, 0.5) is 5.69 Å². The molecule has 1 saturated heterocycles. The van der Waals surface area contributed by atoms with E-state index in [1.807, 2.05) is 36.4 Å². The van der Waals surface area contributed by atoms with Gasteiger partial charge in [0.15, 0.2) is 0 Å². The van der Waals surface area contributed by atoms with Gasteiger partial charge in [-0.15, -0.1) is 0 Å². The van der Waals surface area contributed by atoms with Crippen LogP contribution in [0.3, 0.4) is 0 Å². The molecule has 0 radical (unpaired) electrons. The van der Waals surface area contributed by atoms with Crippen molar-refractivity contribution in [1.82, 2.24) is 20.1 Å². The molecular formula is C24H22N6. The van der Waals surface area contributed by atoms with E-state index < -0.39 is 0 Å². The predicted octanol–water partition coefficient (Wildman–Crippen LogP) is 3.92. The van der Waals surface area contributed by atoms with Crippen LogP contribution in [0.25, 0.3) is 33.5 Å². The van der Waals surface area contributed by atoms with Crippen LogP contribution >= 0.6 is 0 Å². The van der Waals surface area contributed by atoms with Gasteiger partial charge in [-0.2, -0.15) is 10.4 Å². The summed E-state index contributed by atoms with van der Waals surface area (Å²) in [6, 6.07) is 22.2. The molecule has 0 amide bonds. The zero-order valence-electron chi connectivity index (χ0n) is 16.8. The lowest BCUT2D eigenvalue weighted by molar-refractivity contribution is 0.313. The van der Waals surface area contributed by atoms with Gasteiger partial charge >= 0.3 is 0 Å². The number of aromatic amines is 1. The van der Waals surface area contributed by atoms with Crippen molar-refractivity contribution >= 4 is 16.7 Å². The number of piperazine rings is 1. The third kappa shape index (κ3) is 3.30. The largest absolute Gasteiger partial charge is 0.369 e. The molecule has 2 aromatic carbocycles. The molecule has 0 spiro atoms. The van der Waals surface area contributed by atoms with Crippen LogP contribution in [0.2, 0.25) is 0 Å². The van der Waals surface area contributed by atoms with Gasteiger partial charge in [0.1, 0.15) is 11.2 Å². The molecule has 1 N–H and O–H groups in total. The number of pyridine rings is 1. The Morgan fingerprint density at radius 3 is 2.47 bits per heavy atom. The van der Waals surface area contributed by atoms with Crippen molar-refractivity contribution in [3.8, 4) is 28.6 Å². The fourth-order valence-electron chi connectivity index (χ4n) is 3.95. The molecule has 0 unspecified atom stereocenters. The molecule has 1 aliphatic rings. The summed E-state index contributed by atoms with van der Waals surface area (Å²) in [5, 5.41) is 17.0. The Balaban J connectivity index is 1.50. The van der Waals surface area contributed by atoms with E-state index in [-0.39, 0.29) is 0 Å². The lowest BCUT2D eigenvalue weighted by atomic mass is 10.0. The Labute approximate surface area is 175 Å². The minimum absolute atomic E-state index is 0.617. The maximum atomic E-state index is 9.43. The fourth-order valence-corrected chi connectivity index (χ4v) is 3.95. The molecule has 5 rings (SSSR count). The third-order valence-corrected chi connectivity index (χ3v) is 5.74. The Bertz CT molecular complexity index is 1230. The molecule has 1 aliphatic heterocycles. The molecule has 3 heterocycles. The second-order valence-electron chi connectivity index (χ2n) is 7.66. The Kier molecular flexibility index (Phi) is 4.66. The van der Waals surface area contributed by atoms with E-state index in [0.717, 1.165) is 59.7 Å². The van der Waals surface area contributed by atoms with Gasteiger partial charge in [-0.25, -0.2) is 4.98 Å². The second kappa shape index (κ2) is 7.62. The van der Waals surface area contributed by atoms with Gasteiger partial charge in [0.2, 0.25) is 0 Å². The molecule has 0 bridgehead atoms. The van der Waals surface area contributed by atoms with Crippen LogP contribution in [0.5, 0.6) is 0 Å². The SMILES string of the molecule is CN1CCN(c2ccc(-c3n[nH]c4ccc(-c5ccccc5C#N)nc34)cc2)CC1. The van der Waals surface area contributed by atoms with Gasteiger partial charge in [0.05, 0.1) is 22.8 Å². The lowest BCUT2D eigenvalue weighted by Crippen LogP contribution is -2.44. The maximum absolute atomic E-state index is 9.43. The first kappa shape index (κ1) is 18.3. The number of anilines is 1. The molecule has 0 saturated carbocycles. The van der Waals surface area contributed by atoms with Crippen LogP contribution in [0, 0.1) is 11.3 Å². The third-order valence-electron chi connectivity index (χ3n) is 5.74. The number of nitrogens with one attached hydrogen (secondary N) is 1. The van der Waals surface area contributed by atoms with E-state index in [1.165, 1.54) is 5.69 Å². The Morgan fingerprint density at radius 1 is 0.933 bits per heavy atom. The number of H-pyrrole nitrogens is 1. The number of nitriles is 1. The molecule has 0 atom stereocenters. The van der Waals surface area contributed by atoms with Crippen LogP contribution < -0.4 is 4.90 Å². The number of hydrogen-bond acceptors (Lipinski definition) is 5. The summed E-state index contributed by atoms with van der Waals surface area (Å²) in [4.78, 5) is 9.62. The van der Waals surface area contributed by atoms with Crippen molar-refractivity contribution in [3.05, 3.63) is 66.2 Å². The van der Waals surface area contributed by atoms with Crippen LogP contribution in [0.1, 0.15) is 5.56 Å². The summed E-state index contributed by atoms with van der Waals surface area (Å²) in [5.41, 5.74) is 7.01. The van der Waals surface area contributed by atoms with Crippen molar-refractivity contribution in [2.24, 2.45) is 0 Å². The monoisotopic (exact) mass is 394 g/mol. The molecule has 6 heteroatoms. The zero-order chi connectivity index (χ0) is 20.5. The first-order chi connectivity index (χ1) is 14.7. The number of aromatic nitrogens is 3. The highest BCUT2D eigenvalue weighted by Crippen LogP contribution is 2.30. The van der Waals surface area contributed by atoms with Crippen LogP contribution in [-0.2, 0) is 0 Å². The topological polar surface area (TPSA) is 71.8 Å². The molecule has 4 aromatic rings. The number of nitrogens with zero attached hydrogens (tertiary/aromatic N) is 5. The van der Waals surface area contributed by atoms with Gasteiger partial charge in [0, 0.05) is 43.0 Å². The molecule has 6 nitrogen and oxygen atoms in total. The number of likely N-dealkylation sites (N-methyl/N-ethyl adjacent to an activating group) is 1. The number of rotatable bonds is 3. The van der Waals surface area contributed by atoms with E-state index in [1.54, 1.807) is 0 Å². The Hall–Kier alpha value is -3.69. The summed E-state index contributed by atoms with van der Waals surface area (Å²) in [7, 11) is 2.17. The highest BCUT2D eigenvalue weighted by atomic mass is 15.2. The van der Waals surface area contributed by atoms with Gasteiger partial charge in [-0.05, 0) is 37.4 Å². The van der Waals surface area contributed by atoms with Crippen molar-refractivity contribution < 1.29 is 0 Å². The normalized spacial score (nSPS) is 14.7. The number of benzene rings is 2. The van der Waals surface area contributed by atoms with Crippen molar-refractivity contribution in [1.29, 1.82) is 5.26 Å². The maximum Gasteiger partial charge on any atom is 0.118 e. The summed E-state index contributed by atoms with van der Waals surface area (Å²) in [5.74, 6) is 0. The minimum atomic E-state index is 0.617. The average molecular weight is 394 g/mol.